The van der Waals surface area contributed by atoms with Gasteiger partial charge in [0.2, 0.25) is 0 Å². The van der Waals surface area contributed by atoms with Crippen LogP contribution in [0.1, 0.15) is 25.0 Å². The number of rotatable bonds is 7. The lowest BCUT2D eigenvalue weighted by Gasteiger charge is -2.14. The molecule has 28 heavy (non-hydrogen) atoms. The molecule has 0 aliphatic heterocycles. The summed E-state index contributed by atoms with van der Waals surface area (Å²) in [6.45, 7) is 3.70. The van der Waals surface area contributed by atoms with E-state index in [0.717, 1.165) is 22.3 Å². The fourth-order valence-electron chi connectivity index (χ4n) is 2.62. The number of phosphoric ester groups is 2. The van der Waals surface area contributed by atoms with Crippen LogP contribution in [0.25, 0.3) is 11.1 Å². The van der Waals surface area contributed by atoms with Crippen LogP contribution < -0.4 is 9.05 Å². The predicted octanol–water partition coefficient (Wildman–Crippen LogP) is 4.14. The van der Waals surface area contributed by atoms with E-state index < -0.39 is 15.6 Å². The minimum absolute atomic E-state index is 0.0495. The van der Waals surface area contributed by atoms with E-state index in [1.807, 2.05) is 26.0 Å². The average molecular weight is 426 g/mol. The zero-order valence-corrected chi connectivity index (χ0v) is 16.9. The van der Waals surface area contributed by atoms with Crippen molar-refractivity contribution in [1.82, 2.24) is 0 Å². The standard InChI is InChI=1S/C18H20O8P2/c1-3-17(13-5-9-15(10-6-13)25-27(19,20)21)18(4-2)14-7-11-16(12-8-14)26-28(22,23)24/h3-12H,1-2H3,(H2,19,20,21)(H2,22,23,24)/b17-3-,18-4+. The maximum Gasteiger partial charge on any atom is 0.524 e. The van der Waals surface area contributed by atoms with Crippen LogP contribution in [0.15, 0.2) is 60.7 Å². The van der Waals surface area contributed by atoms with Gasteiger partial charge in [0.15, 0.2) is 0 Å². The summed E-state index contributed by atoms with van der Waals surface area (Å²) >= 11 is 0. The third-order valence-corrected chi connectivity index (χ3v) is 4.54. The molecule has 150 valence electrons. The molecule has 0 aromatic heterocycles. The smallest absolute Gasteiger partial charge is 0.404 e. The Bertz CT molecular complexity index is 884. The van der Waals surface area contributed by atoms with Gasteiger partial charge < -0.3 is 9.05 Å². The van der Waals surface area contributed by atoms with Crippen LogP contribution in [0.2, 0.25) is 0 Å². The molecule has 0 fully saturated rings. The zero-order valence-electron chi connectivity index (χ0n) is 15.1. The molecule has 0 unspecified atom stereocenters. The molecule has 0 aliphatic rings. The lowest BCUT2D eigenvalue weighted by atomic mass is 9.92. The van der Waals surface area contributed by atoms with E-state index in [-0.39, 0.29) is 11.5 Å². The molecule has 0 saturated heterocycles. The van der Waals surface area contributed by atoms with Crippen LogP contribution >= 0.6 is 15.6 Å². The summed E-state index contributed by atoms with van der Waals surface area (Å²) in [7, 11) is -9.24. The van der Waals surface area contributed by atoms with E-state index in [1.165, 1.54) is 24.3 Å². The van der Waals surface area contributed by atoms with Gasteiger partial charge in [0.1, 0.15) is 11.5 Å². The van der Waals surface area contributed by atoms with Gasteiger partial charge >= 0.3 is 15.6 Å². The molecule has 0 saturated carbocycles. The van der Waals surface area contributed by atoms with E-state index in [1.54, 1.807) is 24.3 Å². The van der Waals surface area contributed by atoms with Crippen molar-refractivity contribution in [3.63, 3.8) is 0 Å². The lowest BCUT2D eigenvalue weighted by molar-refractivity contribution is 0.281. The van der Waals surface area contributed by atoms with Crippen LogP contribution in [0.5, 0.6) is 11.5 Å². The van der Waals surface area contributed by atoms with Crippen molar-refractivity contribution < 1.29 is 37.8 Å². The number of hydrogen-bond donors (Lipinski definition) is 4. The molecule has 8 nitrogen and oxygen atoms in total. The Morgan fingerprint density at radius 2 is 0.964 bits per heavy atom. The number of benzene rings is 2. The summed E-state index contributed by atoms with van der Waals surface area (Å²) in [5, 5.41) is 0. The van der Waals surface area contributed by atoms with Crippen molar-refractivity contribution >= 4 is 26.8 Å². The molecular formula is C18H20O8P2. The fourth-order valence-corrected chi connectivity index (χ4v) is 3.41. The molecule has 0 spiro atoms. The summed E-state index contributed by atoms with van der Waals surface area (Å²) in [6, 6.07) is 12.5. The molecule has 0 aliphatic carbocycles. The second kappa shape index (κ2) is 8.88. The van der Waals surface area contributed by atoms with E-state index >= 15 is 0 Å². The van der Waals surface area contributed by atoms with Crippen molar-refractivity contribution in [3.8, 4) is 11.5 Å². The SMILES string of the molecule is C/C=C(\C(=C\C)c1ccc(OP(=O)(O)O)cc1)c1ccc(OP(=O)(O)O)cc1. The van der Waals surface area contributed by atoms with Gasteiger partial charge in [-0.05, 0) is 60.4 Å². The molecule has 10 heteroatoms. The normalized spacial score (nSPS) is 13.4. The van der Waals surface area contributed by atoms with Crippen LogP contribution in [0.3, 0.4) is 0 Å². The first-order chi connectivity index (χ1) is 13.0. The van der Waals surface area contributed by atoms with Crippen molar-refractivity contribution in [3.05, 3.63) is 71.8 Å². The number of allylic oxidation sites excluding steroid dienone is 4. The summed E-state index contributed by atoms with van der Waals surface area (Å²) in [5.74, 6) is 0.0991. The third-order valence-electron chi connectivity index (χ3n) is 3.65. The Balaban J connectivity index is 2.29. The van der Waals surface area contributed by atoms with Gasteiger partial charge in [-0.15, -0.1) is 0 Å². The highest BCUT2D eigenvalue weighted by Gasteiger charge is 2.17. The molecule has 0 radical (unpaired) electrons. The van der Waals surface area contributed by atoms with Crippen molar-refractivity contribution in [2.45, 2.75) is 13.8 Å². The van der Waals surface area contributed by atoms with Gasteiger partial charge in [0.05, 0.1) is 0 Å². The first-order valence-electron chi connectivity index (χ1n) is 8.06. The van der Waals surface area contributed by atoms with Gasteiger partial charge in [0, 0.05) is 0 Å². The van der Waals surface area contributed by atoms with Crippen molar-refractivity contribution in [2.24, 2.45) is 0 Å². The second-order valence-electron chi connectivity index (χ2n) is 5.62. The quantitative estimate of drug-likeness (QED) is 0.384. The first kappa shape index (κ1) is 22.1. The molecule has 0 bridgehead atoms. The third kappa shape index (κ3) is 6.46. The molecule has 2 aromatic rings. The van der Waals surface area contributed by atoms with E-state index in [9.17, 15) is 9.13 Å². The number of hydrogen-bond acceptors (Lipinski definition) is 4. The predicted molar refractivity (Wildman–Crippen MR) is 106 cm³/mol. The highest BCUT2D eigenvalue weighted by molar-refractivity contribution is 7.47. The van der Waals surface area contributed by atoms with Crippen LogP contribution in [0.4, 0.5) is 0 Å². The molecule has 0 amide bonds. The number of phosphoric acid groups is 2. The highest BCUT2D eigenvalue weighted by Crippen LogP contribution is 2.40. The van der Waals surface area contributed by atoms with Crippen LogP contribution in [-0.4, -0.2) is 19.6 Å². The van der Waals surface area contributed by atoms with Gasteiger partial charge in [0.25, 0.3) is 0 Å². The average Bonchev–Trinajstić information content (AvgIpc) is 2.59. The largest absolute Gasteiger partial charge is 0.524 e. The lowest BCUT2D eigenvalue weighted by Crippen LogP contribution is -1.94. The maximum absolute atomic E-state index is 10.9. The molecular weight excluding hydrogens is 406 g/mol. The monoisotopic (exact) mass is 426 g/mol. The summed E-state index contributed by atoms with van der Waals surface area (Å²) in [5.41, 5.74) is 3.30. The van der Waals surface area contributed by atoms with Crippen LogP contribution in [-0.2, 0) is 9.13 Å². The van der Waals surface area contributed by atoms with Crippen LogP contribution in [0, 0.1) is 0 Å². The zero-order chi connectivity index (χ0) is 20.9. The Hall–Kier alpha value is -2.18. The van der Waals surface area contributed by atoms with Crippen molar-refractivity contribution in [2.75, 3.05) is 0 Å². The van der Waals surface area contributed by atoms with E-state index in [0.29, 0.717) is 0 Å². The summed E-state index contributed by atoms with van der Waals surface area (Å²) in [4.78, 5) is 35.5. The summed E-state index contributed by atoms with van der Waals surface area (Å²) < 4.78 is 30.9. The Morgan fingerprint density at radius 1 is 0.679 bits per heavy atom. The molecule has 4 N–H and O–H groups in total. The van der Waals surface area contributed by atoms with E-state index in [2.05, 4.69) is 9.05 Å². The molecule has 0 atom stereocenters. The highest BCUT2D eigenvalue weighted by atomic mass is 31.2. The Kier molecular flexibility index (Phi) is 7.01. The van der Waals surface area contributed by atoms with Gasteiger partial charge in [-0.25, -0.2) is 9.13 Å². The topological polar surface area (TPSA) is 134 Å². The molecule has 0 heterocycles. The van der Waals surface area contributed by atoms with Gasteiger partial charge in [-0.1, -0.05) is 36.4 Å². The first-order valence-corrected chi connectivity index (χ1v) is 11.1. The second-order valence-corrected chi connectivity index (χ2v) is 7.94. The Labute approximate surface area is 162 Å². The molecule has 2 rings (SSSR count). The van der Waals surface area contributed by atoms with Gasteiger partial charge in [-0.2, -0.15) is 0 Å². The minimum Gasteiger partial charge on any atom is -0.404 e. The molecule has 2 aromatic carbocycles. The van der Waals surface area contributed by atoms with Crippen molar-refractivity contribution in [1.29, 1.82) is 0 Å². The van der Waals surface area contributed by atoms with Gasteiger partial charge in [-0.3, -0.25) is 19.6 Å². The Morgan fingerprint density at radius 3 is 1.18 bits per heavy atom. The summed E-state index contributed by atoms with van der Waals surface area (Å²) in [6.07, 6.45) is 3.77. The fraction of sp³-hybridized carbons (Fsp3) is 0.111. The maximum atomic E-state index is 10.9. The van der Waals surface area contributed by atoms with E-state index in [4.69, 9.17) is 19.6 Å². The minimum atomic E-state index is -4.62.